The lowest BCUT2D eigenvalue weighted by Crippen LogP contribution is -2.39. The molecule has 2 atom stereocenters. The van der Waals surface area contributed by atoms with Gasteiger partial charge in [0.25, 0.3) is 0 Å². The number of nitrogens with zero attached hydrogens (tertiary/aromatic N) is 1. The molecule has 0 bridgehead atoms. The Morgan fingerprint density at radius 2 is 1.96 bits per heavy atom. The Hall–Kier alpha value is -2.17. The van der Waals surface area contributed by atoms with Crippen molar-refractivity contribution in [3.63, 3.8) is 0 Å². The Kier molecular flexibility index (Phi) is 4.20. The van der Waals surface area contributed by atoms with E-state index in [4.69, 9.17) is 10.8 Å². The van der Waals surface area contributed by atoms with E-state index in [1.165, 1.54) is 16.7 Å². The summed E-state index contributed by atoms with van der Waals surface area (Å²) in [5.41, 5.74) is 11.3. The summed E-state index contributed by atoms with van der Waals surface area (Å²) in [4.78, 5) is 13.3. The molecule has 4 nitrogen and oxygen atoms in total. The number of fused-ring (bicyclic) bond motifs is 1. The smallest absolute Gasteiger partial charge is 0.335 e. The molecule has 0 radical (unpaired) electrons. The summed E-state index contributed by atoms with van der Waals surface area (Å²) < 4.78 is 0. The van der Waals surface area contributed by atoms with E-state index in [0.717, 1.165) is 12.1 Å². The van der Waals surface area contributed by atoms with Crippen LogP contribution in [0.2, 0.25) is 0 Å². The Balaban J connectivity index is 2.08. The number of benzene rings is 2. The summed E-state index contributed by atoms with van der Waals surface area (Å²) in [5.74, 6) is -0.654. The van der Waals surface area contributed by atoms with Gasteiger partial charge in [-0.2, -0.15) is 0 Å². The number of carboxylic acids is 1. The SMILES string of the molecule is Cc1cccc2c1C(c1ccc(C(=O)O)cc1)CN(C)C2CN. The van der Waals surface area contributed by atoms with E-state index in [9.17, 15) is 4.79 Å². The van der Waals surface area contributed by atoms with Crippen LogP contribution < -0.4 is 5.73 Å². The van der Waals surface area contributed by atoms with E-state index in [-0.39, 0.29) is 12.0 Å². The molecule has 0 fully saturated rings. The number of aromatic carboxylic acids is 1. The maximum absolute atomic E-state index is 11.1. The maximum Gasteiger partial charge on any atom is 0.335 e. The molecular formula is C19H22N2O2. The van der Waals surface area contributed by atoms with Gasteiger partial charge in [0.1, 0.15) is 0 Å². The first-order chi connectivity index (χ1) is 11.0. The van der Waals surface area contributed by atoms with Gasteiger partial charge < -0.3 is 10.8 Å². The molecule has 0 amide bonds. The monoisotopic (exact) mass is 310 g/mol. The highest BCUT2D eigenvalue weighted by Gasteiger charge is 2.32. The first-order valence-corrected chi connectivity index (χ1v) is 7.86. The van der Waals surface area contributed by atoms with Gasteiger partial charge >= 0.3 is 5.97 Å². The van der Waals surface area contributed by atoms with Crippen molar-refractivity contribution >= 4 is 5.97 Å². The summed E-state index contributed by atoms with van der Waals surface area (Å²) in [7, 11) is 2.10. The standard InChI is InChI=1S/C19H22N2O2/c1-12-4-3-5-15-17(10-20)21(2)11-16(18(12)15)13-6-8-14(9-7-13)19(22)23/h3-9,16-17H,10-11,20H2,1-2H3,(H,22,23). The molecule has 0 aromatic heterocycles. The minimum Gasteiger partial charge on any atom is -0.478 e. The normalized spacial score (nSPS) is 21.0. The molecule has 2 unspecified atom stereocenters. The summed E-state index contributed by atoms with van der Waals surface area (Å²) in [6.45, 7) is 3.61. The van der Waals surface area contributed by atoms with Crippen molar-refractivity contribution in [1.29, 1.82) is 0 Å². The first-order valence-electron chi connectivity index (χ1n) is 7.86. The van der Waals surface area contributed by atoms with Crippen LogP contribution in [0.25, 0.3) is 0 Å². The third-order valence-corrected chi connectivity index (χ3v) is 4.85. The topological polar surface area (TPSA) is 66.6 Å². The molecule has 1 aliphatic rings. The van der Waals surface area contributed by atoms with Crippen molar-refractivity contribution < 1.29 is 9.90 Å². The van der Waals surface area contributed by atoms with E-state index in [1.807, 2.05) is 12.1 Å². The molecule has 0 saturated heterocycles. The number of carboxylic acid groups (broad SMARTS) is 1. The lowest BCUT2D eigenvalue weighted by molar-refractivity contribution is 0.0697. The van der Waals surface area contributed by atoms with Crippen LogP contribution in [-0.4, -0.2) is 36.1 Å². The highest BCUT2D eigenvalue weighted by atomic mass is 16.4. The third kappa shape index (κ3) is 2.76. The fourth-order valence-corrected chi connectivity index (χ4v) is 3.65. The molecule has 3 rings (SSSR count). The van der Waals surface area contributed by atoms with Crippen molar-refractivity contribution in [3.05, 3.63) is 70.3 Å². The molecule has 2 aromatic rings. The number of hydrogen-bond donors (Lipinski definition) is 2. The Bertz CT molecular complexity index is 725. The summed E-state index contributed by atoms with van der Waals surface area (Å²) in [6, 6.07) is 13.8. The minimum atomic E-state index is -0.892. The maximum atomic E-state index is 11.1. The number of carbonyl (C=O) groups is 1. The fraction of sp³-hybridized carbons (Fsp3) is 0.316. The van der Waals surface area contributed by atoms with Crippen LogP contribution >= 0.6 is 0 Å². The van der Waals surface area contributed by atoms with Crippen molar-refractivity contribution in [1.82, 2.24) is 4.90 Å². The van der Waals surface area contributed by atoms with Gasteiger partial charge in [-0.25, -0.2) is 4.79 Å². The van der Waals surface area contributed by atoms with E-state index < -0.39 is 5.97 Å². The van der Waals surface area contributed by atoms with E-state index >= 15 is 0 Å². The van der Waals surface area contributed by atoms with Gasteiger partial charge in [0, 0.05) is 25.0 Å². The number of rotatable bonds is 3. The second-order valence-corrected chi connectivity index (χ2v) is 6.25. The Labute approximate surface area is 136 Å². The quantitative estimate of drug-likeness (QED) is 0.915. The predicted molar refractivity (Wildman–Crippen MR) is 90.8 cm³/mol. The molecular weight excluding hydrogens is 288 g/mol. The van der Waals surface area contributed by atoms with Crippen LogP contribution in [0.5, 0.6) is 0 Å². The van der Waals surface area contributed by atoms with Crippen LogP contribution in [0, 0.1) is 6.92 Å². The largest absolute Gasteiger partial charge is 0.478 e. The number of aryl methyl sites for hydroxylation is 1. The second kappa shape index (κ2) is 6.14. The average molecular weight is 310 g/mol. The van der Waals surface area contributed by atoms with Crippen LogP contribution in [-0.2, 0) is 0 Å². The highest BCUT2D eigenvalue weighted by molar-refractivity contribution is 5.87. The van der Waals surface area contributed by atoms with Crippen LogP contribution in [0.1, 0.15) is 44.6 Å². The average Bonchev–Trinajstić information content (AvgIpc) is 2.54. The zero-order valence-corrected chi connectivity index (χ0v) is 13.5. The summed E-state index contributed by atoms with van der Waals surface area (Å²) in [5, 5.41) is 9.07. The van der Waals surface area contributed by atoms with E-state index in [1.54, 1.807) is 12.1 Å². The van der Waals surface area contributed by atoms with E-state index in [2.05, 4.69) is 37.1 Å². The molecule has 3 N–H and O–H groups in total. The Morgan fingerprint density at radius 1 is 1.26 bits per heavy atom. The molecule has 0 saturated carbocycles. The fourth-order valence-electron chi connectivity index (χ4n) is 3.65. The Morgan fingerprint density at radius 3 is 2.57 bits per heavy atom. The minimum absolute atomic E-state index is 0.236. The second-order valence-electron chi connectivity index (χ2n) is 6.25. The van der Waals surface area contributed by atoms with Gasteiger partial charge in [0.05, 0.1) is 5.56 Å². The summed E-state index contributed by atoms with van der Waals surface area (Å²) >= 11 is 0. The van der Waals surface area contributed by atoms with Gasteiger partial charge in [-0.05, 0) is 48.4 Å². The molecule has 1 heterocycles. The van der Waals surface area contributed by atoms with Gasteiger partial charge in [0.2, 0.25) is 0 Å². The molecule has 1 aliphatic heterocycles. The molecule has 0 spiro atoms. The van der Waals surface area contributed by atoms with Crippen molar-refractivity contribution in [2.45, 2.75) is 18.9 Å². The summed E-state index contributed by atoms with van der Waals surface area (Å²) in [6.07, 6.45) is 0. The number of nitrogens with two attached hydrogens (primary N) is 1. The van der Waals surface area contributed by atoms with Crippen LogP contribution in [0.3, 0.4) is 0 Å². The zero-order valence-electron chi connectivity index (χ0n) is 13.5. The molecule has 0 aliphatic carbocycles. The zero-order chi connectivity index (χ0) is 16.6. The van der Waals surface area contributed by atoms with Gasteiger partial charge in [-0.15, -0.1) is 0 Å². The third-order valence-electron chi connectivity index (χ3n) is 4.85. The van der Waals surface area contributed by atoms with Crippen LogP contribution in [0.4, 0.5) is 0 Å². The van der Waals surface area contributed by atoms with Gasteiger partial charge in [0.15, 0.2) is 0 Å². The van der Waals surface area contributed by atoms with Crippen molar-refractivity contribution in [3.8, 4) is 0 Å². The van der Waals surface area contributed by atoms with E-state index in [0.29, 0.717) is 12.1 Å². The van der Waals surface area contributed by atoms with Crippen molar-refractivity contribution in [2.75, 3.05) is 20.1 Å². The number of likely N-dealkylation sites (N-methyl/N-ethyl adjacent to an activating group) is 1. The van der Waals surface area contributed by atoms with Gasteiger partial charge in [-0.1, -0.05) is 30.3 Å². The highest BCUT2D eigenvalue weighted by Crippen LogP contribution is 2.39. The molecule has 4 heteroatoms. The predicted octanol–water partition coefficient (Wildman–Crippen LogP) is 2.77. The molecule has 120 valence electrons. The lowest BCUT2D eigenvalue weighted by atomic mass is 9.79. The lowest BCUT2D eigenvalue weighted by Gasteiger charge is -2.39. The molecule has 2 aromatic carbocycles. The van der Waals surface area contributed by atoms with Crippen molar-refractivity contribution in [2.24, 2.45) is 5.73 Å². The first kappa shape index (κ1) is 15.7. The van der Waals surface area contributed by atoms with Gasteiger partial charge in [-0.3, -0.25) is 4.90 Å². The molecule has 23 heavy (non-hydrogen) atoms. The van der Waals surface area contributed by atoms with Crippen LogP contribution in [0.15, 0.2) is 42.5 Å². The number of hydrogen-bond acceptors (Lipinski definition) is 3.